The first-order chi connectivity index (χ1) is 9.61. The van der Waals surface area contributed by atoms with Gasteiger partial charge in [0, 0.05) is 4.90 Å². The van der Waals surface area contributed by atoms with Crippen LogP contribution >= 0.6 is 23.3 Å². The van der Waals surface area contributed by atoms with Crippen molar-refractivity contribution in [3.8, 4) is 0 Å². The Labute approximate surface area is 126 Å². The summed E-state index contributed by atoms with van der Waals surface area (Å²) in [7, 11) is 0. The molecule has 0 spiro atoms. The second kappa shape index (κ2) is 6.71. The van der Waals surface area contributed by atoms with Gasteiger partial charge in [-0.05, 0) is 48.8 Å². The molecule has 1 amide bonds. The number of nitrogens with zero attached hydrogens (tertiary/aromatic N) is 2. The largest absolute Gasteiger partial charge is 0.397 e. The van der Waals surface area contributed by atoms with Crippen molar-refractivity contribution in [2.75, 3.05) is 16.8 Å². The van der Waals surface area contributed by atoms with Crippen LogP contribution in [0.3, 0.4) is 0 Å². The van der Waals surface area contributed by atoms with Crippen molar-refractivity contribution < 1.29 is 4.79 Å². The Hall–Kier alpha value is -1.60. The minimum atomic E-state index is -0.221. The van der Waals surface area contributed by atoms with Gasteiger partial charge in [0.15, 0.2) is 0 Å². The van der Waals surface area contributed by atoms with E-state index >= 15 is 0 Å². The van der Waals surface area contributed by atoms with Gasteiger partial charge in [-0.15, -0.1) is 16.9 Å². The van der Waals surface area contributed by atoms with Gasteiger partial charge in [-0.1, -0.05) is 11.4 Å². The molecule has 0 saturated carbocycles. The van der Waals surface area contributed by atoms with Crippen LogP contribution in [0.5, 0.6) is 0 Å². The van der Waals surface area contributed by atoms with E-state index in [1.807, 2.05) is 18.2 Å². The molecule has 1 heterocycles. The van der Waals surface area contributed by atoms with Crippen LogP contribution in [0, 0.1) is 6.92 Å². The van der Waals surface area contributed by atoms with Crippen LogP contribution in [0.2, 0.25) is 0 Å². The molecule has 3 N–H and O–H groups in total. The first kappa shape index (κ1) is 14.8. The summed E-state index contributed by atoms with van der Waals surface area (Å²) in [6.07, 6.45) is 1.10. The molecule has 2 aromatic rings. The lowest BCUT2D eigenvalue weighted by molar-refractivity contribution is 0.103. The number of aromatic nitrogens is 2. The van der Waals surface area contributed by atoms with E-state index in [2.05, 4.69) is 21.8 Å². The van der Waals surface area contributed by atoms with E-state index in [1.165, 1.54) is 0 Å². The Morgan fingerprint density at radius 3 is 2.95 bits per heavy atom. The Bertz CT molecular complexity index is 612. The number of hydrogen-bond acceptors (Lipinski definition) is 6. The Kier molecular flexibility index (Phi) is 4.97. The fourth-order valence-electron chi connectivity index (χ4n) is 1.57. The molecule has 0 fully saturated rings. The van der Waals surface area contributed by atoms with Crippen LogP contribution in [0.4, 0.5) is 11.4 Å². The third-order valence-corrected chi connectivity index (χ3v) is 4.63. The van der Waals surface area contributed by atoms with E-state index < -0.39 is 0 Å². The lowest BCUT2D eigenvalue weighted by atomic mass is 10.2. The van der Waals surface area contributed by atoms with Crippen LogP contribution in [0.25, 0.3) is 0 Å². The molecule has 0 atom stereocenters. The van der Waals surface area contributed by atoms with E-state index in [1.54, 1.807) is 18.7 Å². The van der Waals surface area contributed by atoms with Crippen molar-refractivity contribution in [3.05, 3.63) is 28.8 Å². The minimum absolute atomic E-state index is 0.221. The van der Waals surface area contributed by atoms with E-state index in [9.17, 15) is 4.79 Å². The van der Waals surface area contributed by atoms with Gasteiger partial charge in [0.1, 0.15) is 4.88 Å². The fourth-order valence-corrected chi connectivity index (χ4v) is 2.93. The van der Waals surface area contributed by atoms with E-state index in [-0.39, 0.29) is 5.91 Å². The van der Waals surface area contributed by atoms with Gasteiger partial charge in [-0.3, -0.25) is 4.79 Å². The highest BCUT2D eigenvalue weighted by molar-refractivity contribution is 7.99. The number of thioether (sulfide) groups is 1. The van der Waals surface area contributed by atoms with E-state index in [4.69, 9.17) is 5.73 Å². The zero-order valence-electron chi connectivity index (χ0n) is 11.3. The highest BCUT2D eigenvalue weighted by atomic mass is 32.2. The quantitative estimate of drug-likeness (QED) is 0.655. The first-order valence-electron chi connectivity index (χ1n) is 6.24. The second-order valence-electron chi connectivity index (χ2n) is 4.24. The monoisotopic (exact) mass is 308 g/mol. The highest BCUT2D eigenvalue weighted by Crippen LogP contribution is 2.27. The summed E-state index contributed by atoms with van der Waals surface area (Å²) < 4.78 is 3.76. The molecule has 0 aliphatic rings. The topological polar surface area (TPSA) is 80.9 Å². The maximum absolute atomic E-state index is 12.1. The molecule has 0 aliphatic carbocycles. The molecule has 1 aromatic heterocycles. The van der Waals surface area contributed by atoms with Gasteiger partial charge in [-0.2, -0.15) is 0 Å². The lowest BCUT2D eigenvalue weighted by Gasteiger charge is -2.09. The van der Waals surface area contributed by atoms with Crippen LogP contribution in [0.1, 0.15) is 28.7 Å². The number of rotatable bonds is 5. The molecule has 5 nitrogen and oxygen atoms in total. The third kappa shape index (κ3) is 3.49. The van der Waals surface area contributed by atoms with Gasteiger partial charge in [-0.25, -0.2) is 0 Å². The number of hydrogen-bond donors (Lipinski definition) is 2. The summed E-state index contributed by atoms with van der Waals surface area (Å²) in [6, 6.07) is 5.67. The molecule has 20 heavy (non-hydrogen) atoms. The summed E-state index contributed by atoms with van der Waals surface area (Å²) in [5, 5.41) is 6.66. The lowest BCUT2D eigenvalue weighted by Crippen LogP contribution is -2.13. The molecular formula is C13H16N4OS2. The molecule has 0 saturated heterocycles. The smallest absolute Gasteiger partial charge is 0.269 e. The average Bonchev–Trinajstić information content (AvgIpc) is 2.86. The molecule has 0 radical (unpaired) electrons. The number of nitrogens with two attached hydrogens (primary N) is 1. The van der Waals surface area contributed by atoms with E-state index in [0.717, 1.165) is 28.6 Å². The molecular weight excluding hydrogens is 292 g/mol. The van der Waals surface area contributed by atoms with Crippen molar-refractivity contribution >= 4 is 40.6 Å². The number of nitrogens with one attached hydrogen (secondary N) is 1. The van der Waals surface area contributed by atoms with E-state index in [0.29, 0.717) is 21.9 Å². The maximum atomic E-state index is 12.1. The SMILES string of the molecule is CCCSc1ccc(N)c(NC(=O)c2snnc2C)c1. The fraction of sp³-hybridized carbons (Fsp3) is 0.308. The number of carbonyl (C=O) groups excluding carboxylic acids is 1. The van der Waals surface area contributed by atoms with Crippen molar-refractivity contribution in [2.45, 2.75) is 25.2 Å². The summed E-state index contributed by atoms with van der Waals surface area (Å²) in [4.78, 5) is 13.7. The van der Waals surface area contributed by atoms with Crippen LogP contribution in [-0.2, 0) is 0 Å². The van der Waals surface area contributed by atoms with Gasteiger partial charge in [0.05, 0.1) is 17.1 Å². The van der Waals surface area contributed by atoms with Crippen molar-refractivity contribution in [1.82, 2.24) is 9.59 Å². The minimum Gasteiger partial charge on any atom is -0.397 e. The molecule has 0 unspecified atom stereocenters. The van der Waals surface area contributed by atoms with Gasteiger partial charge in [0.25, 0.3) is 5.91 Å². The predicted molar refractivity (Wildman–Crippen MR) is 84.5 cm³/mol. The number of nitrogen functional groups attached to an aromatic ring is 1. The summed E-state index contributed by atoms with van der Waals surface area (Å²) >= 11 is 2.82. The Morgan fingerprint density at radius 2 is 2.30 bits per heavy atom. The van der Waals surface area contributed by atoms with Gasteiger partial charge in [0.2, 0.25) is 0 Å². The van der Waals surface area contributed by atoms with Gasteiger partial charge >= 0.3 is 0 Å². The second-order valence-corrected chi connectivity index (χ2v) is 6.16. The van der Waals surface area contributed by atoms with Crippen LogP contribution in [-0.4, -0.2) is 21.2 Å². The summed E-state index contributed by atoms with van der Waals surface area (Å²) in [5.74, 6) is 0.816. The predicted octanol–water partition coefficient (Wildman–Crippen LogP) is 3.18. The molecule has 106 valence electrons. The summed E-state index contributed by atoms with van der Waals surface area (Å²) in [5.41, 5.74) is 7.71. The molecule has 1 aromatic carbocycles. The number of amides is 1. The van der Waals surface area contributed by atoms with Gasteiger partial charge < -0.3 is 11.1 Å². The average molecular weight is 308 g/mol. The zero-order chi connectivity index (χ0) is 14.5. The number of aryl methyl sites for hydroxylation is 1. The summed E-state index contributed by atoms with van der Waals surface area (Å²) in [6.45, 7) is 3.89. The first-order valence-corrected chi connectivity index (χ1v) is 8.00. The maximum Gasteiger partial charge on any atom is 0.269 e. The Morgan fingerprint density at radius 1 is 1.50 bits per heavy atom. The molecule has 0 aliphatic heterocycles. The molecule has 2 rings (SSSR count). The highest BCUT2D eigenvalue weighted by Gasteiger charge is 2.14. The van der Waals surface area contributed by atoms with Crippen molar-refractivity contribution in [2.24, 2.45) is 0 Å². The molecule has 0 bridgehead atoms. The van der Waals surface area contributed by atoms with Crippen molar-refractivity contribution in [1.29, 1.82) is 0 Å². The normalized spacial score (nSPS) is 10.5. The van der Waals surface area contributed by atoms with Crippen LogP contribution in [0.15, 0.2) is 23.1 Å². The molecule has 7 heteroatoms. The van der Waals surface area contributed by atoms with Crippen molar-refractivity contribution in [3.63, 3.8) is 0 Å². The number of carbonyl (C=O) groups is 1. The van der Waals surface area contributed by atoms with Crippen LogP contribution < -0.4 is 11.1 Å². The number of benzene rings is 1. The number of anilines is 2. The standard InChI is InChI=1S/C13H16N4OS2/c1-3-6-19-9-4-5-10(14)11(7-9)15-13(18)12-8(2)16-17-20-12/h4-5,7H,3,6,14H2,1-2H3,(H,15,18). The Balaban J connectivity index is 2.16. The third-order valence-electron chi connectivity index (χ3n) is 2.60. The zero-order valence-corrected chi connectivity index (χ0v) is 13.0.